The summed E-state index contributed by atoms with van der Waals surface area (Å²) in [5, 5.41) is 5.39. The smallest absolute Gasteiger partial charge is 0.255 e. The number of ether oxygens (including phenoxy) is 1. The van der Waals surface area contributed by atoms with Crippen LogP contribution >= 0.6 is 11.6 Å². The van der Waals surface area contributed by atoms with Gasteiger partial charge in [0, 0.05) is 23.7 Å². The molecule has 2 heterocycles. The number of pyridine rings is 1. The normalized spacial score (nSPS) is 15.1. The van der Waals surface area contributed by atoms with Gasteiger partial charge in [-0.3, -0.25) is 9.59 Å². The number of carbonyl (C=O) groups is 2. The highest BCUT2D eigenvalue weighted by Gasteiger charge is 2.24. The van der Waals surface area contributed by atoms with Crippen LogP contribution in [0.4, 0.5) is 0 Å². The molecule has 36 heavy (non-hydrogen) atoms. The lowest BCUT2D eigenvalue weighted by molar-refractivity contribution is -0.134. The molecule has 2 amide bonds. The minimum atomic E-state index is -0.200. The quantitative estimate of drug-likeness (QED) is 0.415. The van der Waals surface area contributed by atoms with Crippen molar-refractivity contribution in [3.8, 4) is 5.75 Å². The van der Waals surface area contributed by atoms with E-state index in [2.05, 4.69) is 10.3 Å². The number of carbonyl (C=O) groups excluding carboxylic acids is 2. The summed E-state index contributed by atoms with van der Waals surface area (Å²) >= 11 is 6.03. The summed E-state index contributed by atoms with van der Waals surface area (Å²) in [6.07, 6.45) is 5.82. The molecule has 0 radical (unpaired) electrons. The molecule has 6 nitrogen and oxygen atoms in total. The van der Waals surface area contributed by atoms with Crippen molar-refractivity contribution in [2.75, 3.05) is 19.6 Å². The number of hydrogen-bond donors (Lipinski definition) is 1. The second-order valence-electron chi connectivity index (χ2n) is 8.35. The second kappa shape index (κ2) is 11.7. The molecular weight excluding hydrogens is 474 g/mol. The van der Waals surface area contributed by atoms with Gasteiger partial charge < -0.3 is 15.0 Å². The Hall–Kier alpha value is -3.90. The molecule has 0 unspecified atom stereocenters. The summed E-state index contributed by atoms with van der Waals surface area (Å²) in [5.41, 5.74) is 2.90. The molecule has 184 valence electrons. The number of benzene rings is 2. The maximum absolute atomic E-state index is 13.4. The highest BCUT2D eigenvalue weighted by Crippen LogP contribution is 2.25. The van der Waals surface area contributed by atoms with E-state index in [1.165, 1.54) is 0 Å². The summed E-state index contributed by atoms with van der Waals surface area (Å²) in [6, 6.07) is 18.6. The van der Waals surface area contributed by atoms with Crippen molar-refractivity contribution in [2.45, 2.75) is 20.5 Å². The minimum Gasteiger partial charge on any atom is -0.487 e. The lowest BCUT2D eigenvalue weighted by atomic mass is 10.0. The van der Waals surface area contributed by atoms with Crippen LogP contribution in [0.1, 0.15) is 30.7 Å². The van der Waals surface area contributed by atoms with Crippen molar-refractivity contribution >= 4 is 47.2 Å². The summed E-state index contributed by atoms with van der Waals surface area (Å²) in [4.78, 5) is 31.5. The van der Waals surface area contributed by atoms with E-state index in [1.807, 2.05) is 80.6 Å². The van der Waals surface area contributed by atoms with Gasteiger partial charge in [-0.25, -0.2) is 4.98 Å². The Balaban J connectivity index is 1.56. The molecule has 1 aromatic heterocycles. The van der Waals surface area contributed by atoms with Crippen LogP contribution in [-0.2, 0) is 16.2 Å². The molecule has 1 aliphatic heterocycles. The molecule has 0 saturated carbocycles. The highest BCUT2D eigenvalue weighted by atomic mass is 35.5. The molecule has 1 fully saturated rings. The molecule has 0 atom stereocenters. The minimum absolute atomic E-state index is 0.0384. The lowest BCUT2D eigenvalue weighted by Crippen LogP contribution is -2.50. The van der Waals surface area contributed by atoms with E-state index in [-0.39, 0.29) is 18.4 Å². The molecule has 4 rings (SSSR count). The van der Waals surface area contributed by atoms with Gasteiger partial charge >= 0.3 is 0 Å². The van der Waals surface area contributed by atoms with Crippen molar-refractivity contribution < 1.29 is 14.3 Å². The molecule has 1 saturated heterocycles. The number of hydrogen-bond acceptors (Lipinski definition) is 4. The Morgan fingerprint density at radius 2 is 1.81 bits per heavy atom. The number of halogens is 1. The van der Waals surface area contributed by atoms with Crippen molar-refractivity contribution in [3.05, 3.63) is 93.1 Å². The summed E-state index contributed by atoms with van der Waals surface area (Å²) in [7, 11) is 0. The van der Waals surface area contributed by atoms with Crippen molar-refractivity contribution in [1.29, 1.82) is 0 Å². The zero-order chi connectivity index (χ0) is 25.5. The van der Waals surface area contributed by atoms with Crippen LogP contribution in [0.2, 0.25) is 5.02 Å². The first-order valence-electron chi connectivity index (χ1n) is 11.8. The fourth-order valence-electron chi connectivity index (χ4n) is 3.95. The first kappa shape index (κ1) is 25.2. The number of rotatable bonds is 6. The Morgan fingerprint density at radius 1 is 1.06 bits per heavy atom. The average molecular weight is 502 g/mol. The number of aromatic nitrogens is 1. The van der Waals surface area contributed by atoms with Crippen molar-refractivity contribution in [2.24, 2.45) is 0 Å². The summed E-state index contributed by atoms with van der Waals surface area (Å²) in [5.74, 6) is 0.310. The van der Waals surface area contributed by atoms with Gasteiger partial charge in [0.2, 0.25) is 5.91 Å². The predicted molar refractivity (Wildman–Crippen MR) is 143 cm³/mol. The zero-order valence-corrected chi connectivity index (χ0v) is 21.1. The van der Waals surface area contributed by atoms with Crippen LogP contribution in [0.5, 0.6) is 5.75 Å². The van der Waals surface area contributed by atoms with Crippen LogP contribution < -0.4 is 20.6 Å². The zero-order valence-electron chi connectivity index (χ0n) is 20.3. The van der Waals surface area contributed by atoms with Gasteiger partial charge in [-0.1, -0.05) is 54.1 Å². The van der Waals surface area contributed by atoms with E-state index in [0.29, 0.717) is 36.0 Å². The first-order valence-corrected chi connectivity index (χ1v) is 12.2. The molecule has 2 aromatic carbocycles. The lowest BCUT2D eigenvalue weighted by Gasteiger charge is -2.27. The van der Waals surface area contributed by atoms with Gasteiger partial charge in [0.1, 0.15) is 12.4 Å². The second-order valence-corrected chi connectivity index (χ2v) is 8.79. The van der Waals surface area contributed by atoms with Gasteiger partial charge in [-0.05, 0) is 66.6 Å². The third kappa shape index (κ3) is 6.20. The molecule has 0 bridgehead atoms. The molecule has 7 heteroatoms. The largest absolute Gasteiger partial charge is 0.487 e. The number of piperazine rings is 1. The van der Waals surface area contributed by atoms with Gasteiger partial charge in [0.05, 0.1) is 17.6 Å². The SMILES string of the molecule is CC=c1ccc(COc2ccc(C(=Cc3ccc(Cl)cc3)C(=O)N3CCNC(=O)C3)cc2)nc1=CC. The maximum Gasteiger partial charge on any atom is 0.255 e. The fourth-order valence-corrected chi connectivity index (χ4v) is 4.07. The fraction of sp³-hybridized carbons (Fsp3) is 0.207. The van der Waals surface area contributed by atoms with Gasteiger partial charge in [-0.2, -0.15) is 0 Å². The number of nitrogens with one attached hydrogen (secondary N) is 1. The van der Waals surface area contributed by atoms with Gasteiger partial charge in [0.15, 0.2) is 0 Å². The molecule has 1 N–H and O–H groups in total. The number of nitrogens with zero attached hydrogens (tertiary/aromatic N) is 2. The van der Waals surface area contributed by atoms with Gasteiger partial charge in [0.25, 0.3) is 5.91 Å². The van der Waals surface area contributed by atoms with E-state index in [4.69, 9.17) is 16.3 Å². The average Bonchev–Trinajstić information content (AvgIpc) is 2.91. The van der Waals surface area contributed by atoms with Crippen LogP contribution in [-0.4, -0.2) is 41.3 Å². The van der Waals surface area contributed by atoms with Crippen LogP contribution in [0, 0.1) is 0 Å². The van der Waals surface area contributed by atoms with E-state index in [1.54, 1.807) is 17.0 Å². The van der Waals surface area contributed by atoms with E-state index in [9.17, 15) is 9.59 Å². The number of amides is 2. The van der Waals surface area contributed by atoms with Crippen molar-refractivity contribution in [1.82, 2.24) is 15.2 Å². The highest BCUT2D eigenvalue weighted by molar-refractivity contribution is 6.30. The van der Waals surface area contributed by atoms with E-state index < -0.39 is 0 Å². The maximum atomic E-state index is 13.4. The van der Waals surface area contributed by atoms with E-state index in [0.717, 1.165) is 27.4 Å². The molecular formula is C29H28ClN3O3. The molecule has 0 aliphatic carbocycles. The van der Waals surface area contributed by atoms with Crippen LogP contribution in [0.15, 0.2) is 60.7 Å². The summed E-state index contributed by atoms with van der Waals surface area (Å²) in [6.45, 7) is 5.22. The Bertz CT molecular complexity index is 1400. The monoisotopic (exact) mass is 501 g/mol. The molecule has 1 aliphatic rings. The third-order valence-electron chi connectivity index (χ3n) is 5.89. The molecule has 0 spiro atoms. The van der Waals surface area contributed by atoms with E-state index >= 15 is 0 Å². The molecule has 3 aromatic rings. The summed E-state index contributed by atoms with van der Waals surface area (Å²) < 4.78 is 5.95. The predicted octanol–water partition coefficient (Wildman–Crippen LogP) is 3.41. The van der Waals surface area contributed by atoms with Crippen molar-refractivity contribution in [3.63, 3.8) is 0 Å². The Kier molecular flexibility index (Phi) is 8.18. The van der Waals surface area contributed by atoms with Gasteiger partial charge in [-0.15, -0.1) is 0 Å². The standard InChI is InChI=1S/C29H28ClN3O3/c1-3-21-7-12-24(32-27(21)4-2)19-36-25-13-8-22(9-14-25)26(17-20-5-10-23(30)11-6-20)29(35)33-16-15-31-28(34)18-33/h3-14,17H,15-16,18-19H2,1-2H3,(H,31,34). The Morgan fingerprint density at radius 3 is 2.47 bits per heavy atom. The van der Waals surface area contributed by atoms with Crippen LogP contribution in [0.25, 0.3) is 23.8 Å². The first-order chi connectivity index (χ1) is 17.5. The van der Waals surface area contributed by atoms with Crippen LogP contribution in [0.3, 0.4) is 0 Å². The Labute approximate surface area is 215 Å². The third-order valence-corrected chi connectivity index (χ3v) is 6.14. The topological polar surface area (TPSA) is 71.5 Å².